The summed E-state index contributed by atoms with van der Waals surface area (Å²) in [5.74, 6) is -1.10. The third-order valence-electron chi connectivity index (χ3n) is 19.5. The first-order valence-corrected chi connectivity index (χ1v) is 47.9. The van der Waals surface area contributed by atoms with E-state index in [0.29, 0.717) is 70.9 Å². The van der Waals surface area contributed by atoms with E-state index in [4.69, 9.17) is 63.0 Å². The van der Waals surface area contributed by atoms with Gasteiger partial charge in [-0.25, -0.2) is 9.59 Å². The van der Waals surface area contributed by atoms with Gasteiger partial charge >= 0.3 is 12.2 Å². The van der Waals surface area contributed by atoms with Crippen LogP contribution < -0.4 is 126 Å². The summed E-state index contributed by atoms with van der Waals surface area (Å²) in [4.78, 5) is 72.5. The normalized spacial score (nSPS) is 11.7. The second-order valence-electron chi connectivity index (χ2n) is 30.2. The van der Waals surface area contributed by atoms with Crippen molar-refractivity contribution < 1.29 is 94.9 Å². The van der Waals surface area contributed by atoms with Gasteiger partial charge in [-0.05, 0) is 247 Å². The Morgan fingerprint density at radius 1 is 0.358 bits per heavy atom. The van der Waals surface area contributed by atoms with Crippen LogP contribution >= 0.6 is 80.6 Å². The molecule has 4 amide bonds. The van der Waals surface area contributed by atoms with Crippen molar-refractivity contribution >= 4 is 164 Å². The molecule has 2 atom stereocenters. The van der Waals surface area contributed by atoms with Crippen molar-refractivity contribution in [3.8, 4) is 0 Å². The first-order valence-electron chi connectivity index (χ1n) is 40.9. The average molecular weight is 1990 g/mol. The van der Waals surface area contributed by atoms with E-state index in [1.54, 1.807) is 20.8 Å². The molecule has 0 saturated carbocycles. The number of Topliss-reactive ketones (excluding diaryl/α,β-unsaturated/α-hetero) is 2. The van der Waals surface area contributed by atoms with Crippen molar-refractivity contribution in [1.29, 1.82) is 0 Å². The Hall–Kier alpha value is -6.13. The molecule has 0 spiro atoms. The van der Waals surface area contributed by atoms with Gasteiger partial charge in [-0.3, -0.25) is 23.6 Å². The molecule has 0 aliphatic rings. The van der Waals surface area contributed by atoms with Crippen molar-refractivity contribution in [2.45, 2.75) is 177 Å². The highest BCUT2D eigenvalue weighted by Gasteiger charge is 2.47. The van der Waals surface area contributed by atoms with E-state index in [2.05, 4.69) is 294 Å². The second kappa shape index (κ2) is 59.7. The molecule has 0 fully saturated rings. The Morgan fingerprint density at radius 2 is 0.600 bits per heavy atom. The second-order valence-corrected chi connectivity index (χ2v) is 43.3. The predicted octanol–water partition coefficient (Wildman–Crippen LogP) is 9.93. The molecule has 13 nitrogen and oxygen atoms in total. The quantitative estimate of drug-likeness (QED) is 0.0141. The zero-order chi connectivity index (χ0) is 84.8. The summed E-state index contributed by atoms with van der Waals surface area (Å²) in [5.41, 5.74) is 4.56. The number of halogens is 9. The van der Waals surface area contributed by atoms with E-state index >= 15 is 0 Å². The van der Waals surface area contributed by atoms with E-state index in [1.165, 1.54) is 53.9 Å². The standard InChI is InChI=1S/C39H53N2O5P.C33H37Cl4N2O3P.C22H25NP.CH3F.3BrH.ClH/c1-38(2,3)45-36(43)40-29-19-18-27-34(41-37(44)46-39(4,5)6)35(42)28-17-10-20-30-47(31-21-11-7-12-22-31,32-23-13-8-14-24-32)33-25-15-9-16-26-33;34-30(35)32(41)38-23-13-12-21-28(39-33(42)31(36)37)29(40)22-11-4-14-24-43(25-15-5-1-6-16-25,26-17-7-2-8-18-26)27-19-9-3-10-20-27;23-18-10-11-19-24(20-12-4-1-5-13-20,21-14-6-2-7-15-21)22-16-8-3-9-17-22;1-2;;;;/h7-9,11-16,21-26,34H,10,17-20,27-30H2,1-6H3,(H-,40,41,43,44);1-3,5-10,15-20,28,30-31H,4,11-14,21-24H2,(H-,38,39,41,42);1-9,12-17H,10-11,18-19,23H2;1H3;4*1H/q;;+1;;;;;/p-1/i;;;1D;;;;. The molecule has 9 rings (SSSR count). The number of carbonyl (C=O) groups is 6. The summed E-state index contributed by atoms with van der Waals surface area (Å²) in [6.07, 6.45) is 13.6. The molecular weight excluding hydrogens is 1870 g/mol. The maximum atomic E-state index is 13.4. The van der Waals surface area contributed by atoms with E-state index < -0.39 is 85.9 Å². The Balaban J connectivity index is 0.000000620. The van der Waals surface area contributed by atoms with Crippen LogP contribution in [-0.4, -0.2) is 114 Å². The number of rotatable bonds is 41. The summed E-state index contributed by atoms with van der Waals surface area (Å²) >= 11 is 22.6. The number of nitrogens with two attached hydrogens (primary N) is 1. The van der Waals surface area contributed by atoms with E-state index in [-0.39, 0.29) is 74.9 Å². The number of alkyl halides is 5. The predicted molar refractivity (Wildman–Crippen MR) is 501 cm³/mol. The fraction of sp³-hybridized carbons (Fsp3) is 0.368. The molecule has 120 heavy (non-hydrogen) atoms. The van der Waals surface area contributed by atoms with Crippen LogP contribution in [0.5, 0.6) is 0 Å². The lowest BCUT2D eigenvalue weighted by molar-refractivity contribution is -0.127. The number of ether oxygens (including phenoxy) is 2. The van der Waals surface area contributed by atoms with Gasteiger partial charge in [0, 0.05) is 25.9 Å². The maximum Gasteiger partial charge on any atom is 0.408 e. The van der Waals surface area contributed by atoms with E-state index in [1.807, 2.05) is 20.8 Å². The summed E-state index contributed by atoms with van der Waals surface area (Å²) < 4.78 is 26.2. The lowest BCUT2D eigenvalue weighted by atomic mass is 10.0. The molecule has 0 radical (unpaired) electrons. The van der Waals surface area contributed by atoms with Crippen molar-refractivity contribution in [1.82, 2.24) is 21.3 Å². The summed E-state index contributed by atoms with van der Waals surface area (Å²) in [6, 6.07) is 96.5. The number of hydrogen-bond donors (Lipinski definition) is 5. The van der Waals surface area contributed by atoms with Crippen LogP contribution in [-0.2, 0) is 28.7 Å². The minimum Gasteiger partial charge on any atom is -1.00 e. The Morgan fingerprint density at radius 3 is 0.850 bits per heavy atom. The van der Waals surface area contributed by atoms with Crippen molar-refractivity contribution in [2.24, 2.45) is 5.73 Å². The number of hydrogen-bond acceptors (Lipinski definition) is 9. The molecule has 6 N–H and O–H groups in total. The fourth-order valence-electron chi connectivity index (χ4n) is 14.2. The Kier molecular flexibility index (Phi) is 53.7. The van der Waals surface area contributed by atoms with Gasteiger partial charge in [-0.1, -0.05) is 210 Å². The molecule has 0 heterocycles. The number of carbonyl (C=O) groups excluding carboxylic acids is 6. The van der Waals surface area contributed by atoms with Gasteiger partial charge in [-0.2, -0.15) is 0 Å². The topological polar surface area (TPSA) is 195 Å². The third-order valence-corrected chi connectivity index (χ3v) is 33.9. The molecule has 9 aromatic carbocycles. The highest BCUT2D eigenvalue weighted by Crippen LogP contribution is 2.58. The first-order chi connectivity index (χ1) is 56.3. The molecule has 0 saturated heterocycles. The summed E-state index contributed by atoms with van der Waals surface area (Å²) in [7, 11) is -6.47. The van der Waals surface area contributed by atoms with Crippen LogP contribution in [0.25, 0.3) is 0 Å². The zero-order valence-electron chi connectivity index (χ0n) is 70.7. The van der Waals surface area contributed by atoms with Gasteiger partial charge in [0.2, 0.25) is 0 Å². The Labute approximate surface area is 774 Å². The van der Waals surface area contributed by atoms with Gasteiger partial charge in [0.25, 0.3) is 11.8 Å². The fourth-order valence-corrected chi connectivity index (χ4v) is 27.7. The molecule has 25 heteroatoms. The van der Waals surface area contributed by atoms with Gasteiger partial charge in [0.1, 0.15) is 80.7 Å². The third kappa shape index (κ3) is 36.6. The maximum absolute atomic E-state index is 13.4. The Bertz CT molecular complexity index is 4030. The number of amides is 4. The van der Waals surface area contributed by atoms with Gasteiger partial charge < -0.3 is 87.4 Å². The SMILES string of the molecule is CC(C)(C)OC(=O)NCCCCC(NC(=O)OC(C)(C)C)C(=O)CCCCC[P+](c1ccccc1)(c1ccccc1)c1ccccc1.Cl.NCCCC[P+](c1ccccc1)(c1ccccc1)c1ccccc1.O=C(NCCCCC(NC(=O)C(Cl)Cl)C(=O)CCCCC[P+](c1ccccc1)(c1ccccc1)c1ccccc1)C(Cl)Cl.[2H]CF.[Br-].[Br-].[Br-]. The highest BCUT2D eigenvalue weighted by atomic mass is 79.9. The summed E-state index contributed by atoms with van der Waals surface area (Å²) in [6.45, 7) is 12.4. The molecule has 0 aliphatic carbocycles. The van der Waals surface area contributed by atoms with Crippen LogP contribution in [0.2, 0.25) is 0 Å². The largest absolute Gasteiger partial charge is 1.00 e. The van der Waals surface area contributed by atoms with Crippen molar-refractivity contribution in [3.05, 3.63) is 273 Å². The molecule has 652 valence electrons. The average Bonchev–Trinajstić information content (AvgIpc) is 0.770. The molecule has 0 aliphatic heterocycles. The number of ketones is 2. The minimum absolute atomic E-state index is 0. The molecular formula is C95H121Br3Cl5FN5O8P3. The number of benzene rings is 9. The van der Waals surface area contributed by atoms with Crippen LogP contribution in [0.4, 0.5) is 14.0 Å². The number of alkyl carbamates (subject to hydrolysis) is 2. The first kappa shape index (κ1) is 108. The monoisotopic (exact) mass is 1980 g/mol. The number of nitrogens with one attached hydrogen (secondary N) is 4. The van der Waals surface area contributed by atoms with Gasteiger partial charge in [0.05, 0.1) is 39.1 Å². The smallest absolute Gasteiger partial charge is 0.408 e. The van der Waals surface area contributed by atoms with E-state index in [0.717, 1.165) is 63.8 Å². The lowest BCUT2D eigenvalue weighted by Crippen LogP contribution is -3.00. The number of unbranched alkanes of at least 4 members (excludes halogenated alkanes) is 7. The van der Waals surface area contributed by atoms with Crippen molar-refractivity contribution in [2.75, 3.05) is 45.3 Å². The molecule has 9 aromatic rings. The highest BCUT2D eigenvalue weighted by molar-refractivity contribution is 7.96. The van der Waals surface area contributed by atoms with Gasteiger partial charge in [0.15, 0.2) is 21.2 Å². The van der Waals surface area contributed by atoms with Gasteiger partial charge in [-0.15, -0.1) is 12.4 Å². The van der Waals surface area contributed by atoms with Crippen LogP contribution in [0.1, 0.15) is 146 Å². The van der Waals surface area contributed by atoms with E-state index in [9.17, 15) is 33.2 Å². The zero-order valence-corrected chi connectivity index (χ0v) is 81.0. The molecule has 0 bridgehead atoms. The lowest BCUT2D eigenvalue weighted by Gasteiger charge is -2.27. The summed E-state index contributed by atoms with van der Waals surface area (Å²) in [5, 5.41) is 23.3. The van der Waals surface area contributed by atoms with Crippen LogP contribution in [0.3, 0.4) is 0 Å². The van der Waals surface area contributed by atoms with Crippen LogP contribution in [0.15, 0.2) is 273 Å². The molecule has 0 aromatic heterocycles. The minimum atomic E-state index is -1.92. The van der Waals surface area contributed by atoms with Crippen LogP contribution in [0, 0.1) is 0 Å². The molecule has 2 unspecified atom stereocenters. The van der Waals surface area contributed by atoms with Crippen molar-refractivity contribution in [3.63, 3.8) is 0 Å².